The molecule has 1 rings (SSSR count). The first-order valence-corrected chi connectivity index (χ1v) is 6.15. The number of esters is 1. The van der Waals surface area contributed by atoms with Gasteiger partial charge < -0.3 is 20.1 Å². The van der Waals surface area contributed by atoms with E-state index < -0.39 is 23.5 Å². The van der Waals surface area contributed by atoms with Crippen LogP contribution in [0.5, 0.6) is 0 Å². The first kappa shape index (κ1) is 14.9. The molecule has 0 aliphatic carbocycles. The molecule has 1 aliphatic rings. The van der Waals surface area contributed by atoms with Crippen molar-refractivity contribution in [1.82, 2.24) is 4.90 Å². The smallest absolute Gasteiger partial charge is 0.332 e. The Balaban J connectivity index is 2.68. The molecular weight excluding hydrogens is 236 g/mol. The average Bonchev–Trinajstić information content (AvgIpc) is 2.24. The third-order valence-electron chi connectivity index (χ3n) is 2.69. The Morgan fingerprint density at radius 2 is 2.17 bits per heavy atom. The lowest BCUT2D eigenvalue weighted by Gasteiger charge is -2.42. The molecule has 1 aliphatic heterocycles. The monoisotopic (exact) mass is 258 g/mol. The molecule has 0 radical (unpaired) electrons. The summed E-state index contributed by atoms with van der Waals surface area (Å²) in [4.78, 5) is 25.1. The minimum atomic E-state index is -1.24. The number of morpholine rings is 1. The highest BCUT2D eigenvalue weighted by Gasteiger charge is 2.37. The van der Waals surface area contributed by atoms with Crippen LogP contribution in [-0.2, 0) is 19.1 Å². The van der Waals surface area contributed by atoms with Crippen molar-refractivity contribution in [1.29, 1.82) is 0 Å². The Bertz CT molecular complexity index is 330. The van der Waals surface area contributed by atoms with Gasteiger partial charge in [0.2, 0.25) is 0 Å². The number of amides is 1. The maximum Gasteiger partial charge on any atom is 0.332 e. The molecule has 1 fully saturated rings. The van der Waals surface area contributed by atoms with E-state index in [0.717, 1.165) is 0 Å². The molecule has 6 heteroatoms. The molecule has 0 aromatic heterocycles. The molecule has 2 unspecified atom stereocenters. The third-order valence-corrected chi connectivity index (χ3v) is 2.69. The Morgan fingerprint density at radius 1 is 1.56 bits per heavy atom. The molecule has 18 heavy (non-hydrogen) atoms. The van der Waals surface area contributed by atoms with Crippen molar-refractivity contribution < 1.29 is 19.1 Å². The van der Waals surface area contributed by atoms with Gasteiger partial charge >= 0.3 is 5.97 Å². The van der Waals surface area contributed by atoms with Crippen LogP contribution in [0.2, 0.25) is 0 Å². The van der Waals surface area contributed by atoms with E-state index in [9.17, 15) is 9.59 Å². The first-order valence-electron chi connectivity index (χ1n) is 6.15. The van der Waals surface area contributed by atoms with Gasteiger partial charge in [-0.25, -0.2) is 4.79 Å². The maximum absolute atomic E-state index is 12.1. The van der Waals surface area contributed by atoms with Gasteiger partial charge in [0.25, 0.3) is 5.91 Å². The van der Waals surface area contributed by atoms with Gasteiger partial charge in [-0.3, -0.25) is 4.79 Å². The molecule has 0 saturated carbocycles. The number of nitrogens with two attached hydrogens (primary N) is 1. The largest absolute Gasteiger partial charge is 0.464 e. The molecular formula is C12H22N2O4. The van der Waals surface area contributed by atoms with Gasteiger partial charge in [0, 0.05) is 13.1 Å². The van der Waals surface area contributed by atoms with Crippen molar-refractivity contribution in [2.24, 2.45) is 5.73 Å². The van der Waals surface area contributed by atoms with Crippen molar-refractivity contribution in [3.8, 4) is 0 Å². The quantitative estimate of drug-likeness (QED) is 0.565. The summed E-state index contributed by atoms with van der Waals surface area (Å²) in [5.41, 5.74) is 5.18. The fraction of sp³-hybridized carbons (Fsp3) is 0.833. The minimum absolute atomic E-state index is 0.0768. The number of hydrogen-bond donors (Lipinski definition) is 1. The highest BCUT2D eigenvalue weighted by molar-refractivity contribution is 6.01. The first-order chi connectivity index (χ1) is 8.26. The van der Waals surface area contributed by atoms with E-state index in [1.807, 2.05) is 20.8 Å². The van der Waals surface area contributed by atoms with Gasteiger partial charge in [-0.2, -0.15) is 0 Å². The van der Waals surface area contributed by atoms with Crippen LogP contribution in [0.15, 0.2) is 0 Å². The summed E-state index contributed by atoms with van der Waals surface area (Å²) in [6.07, 6.45) is -0.0768. The lowest BCUT2D eigenvalue weighted by molar-refractivity contribution is -0.164. The van der Waals surface area contributed by atoms with E-state index in [1.54, 1.807) is 11.8 Å². The maximum atomic E-state index is 12.1. The zero-order valence-electron chi connectivity index (χ0n) is 11.4. The number of rotatable bonds is 3. The Morgan fingerprint density at radius 3 is 2.67 bits per heavy atom. The highest BCUT2D eigenvalue weighted by Crippen LogP contribution is 2.21. The number of hydrogen-bond acceptors (Lipinski definition) is 5. The zero-order chi connectivity index (χ0) is 13.9. The van der Waals surface area contributed by atoms with Crippen molar-refractivity contribution >= 4 is 11.9 Å². The molecule has 1 heterocycles. The summed E-state index contributed by atoms with van der Waals surface area (Å²) >= 11 is 0. The Kier molecular flexibility index (Phi) is 4.70. The van der Waals surface area contributed by atoms with E-state index in [2.05, 4.69) is 0 Å². The van der Waals surface area contributed by atoms with Crippen LogP contribution in [0.1, 0.15) is 27.7 Å². The number of carbonyl (C=O) groups is 2. The summed E-state index contributed by atoms with van der Waals surface area (Å²) in [5, 5.41) is 0. The summed E-state index contributed by atoms with van der Waals surface area (Å²) < 4.78 is 10.4. The standard InChI is InChI=1S/C12H22N2O4/c1-5-17-11(16)9(13)10(15)14-6-8(2)18-12(3,4)7-14/h8-9H,5-7,13H2,1-4H3. The normalized spacial score (nSPS) is 24.5. The molecule has 1 amide bonds. The molecule has 104 valence electrons. The van der Waals surface area contributed by atoms with Crippen molar-refractivity contribution in [3.63, 3.8) is 0 Å². The van der Waals surface area contributed by atoms with Gasteiger partial charge in [-0.1, -0.05) is 0 Å². The molecule has 0 aromatic rings. The van der Waals surface area contributed by atoms with Crippen LogP contribution in [0.25, 0.3) is 0 Å². The van der Waals surface area contributed by atoms with Crippen LogP contribution in [0.4, 0.5) is 0 Å². The lowest BCUT2D eigenvalue weighted by Crippen LogP contribution is -2.58. The van der Waals surface area contributed by atoms with Crippen LogP contribution >= 0.6 is 0 Å². The van der Waals surface area contributed by atoms with Crippen molar-refractivity contribution in [3.05, 3.63) is 0 Å². The second kappa shape index (κ2) is 5.67. The third kappa shape index (κ3) is 3.68. The lowest BCUT2D eigenvalue weighted by atomic mass is 10.0. The summed E-state index contributed by atoms with van der Waals surface area (Å²) in [6.45, 7) is 8.44. The van der Waals surface area contributed by atoms with Crippen LogP contribution in [-0.4, -0.2) is 54.2 Å². The number of nitrogens with zero attached hydrogens (tertiary/aromatic N) is 1. The fourth-order valence-electron chi connectivity index (χ4n) is 2.15. The fourth-order valence-corrected chi connectivity index (χ4v) is 2.15. The van der Waals surface area contributed by atoms with Gasteiger partial charge in [0.15, 0.2) is 6.04 Å². The number of ether oxygens (including phenoxy) is 2. The summed E-state index contributed by atoms with van der Waals surface area (Å²) in [5.74, 6) is -1.09. The SMILES string of the molecule is CCOC(=O)C(N)C(=O)N1CC(C)OC(C)(C)C1. The van der Waals surface area contributed by atoms with E-state index in [4.69, 9.17) is 15.2 Å². The summed E-state index contributed by atoms with van der Waals surface area (Å²) in [7, 11) is 0. The predicted octanol–water partition coefficient (Wildman–Crippen LogP) is -0.0973. The van der Waals surface area contributed by atoms with Crippen LogP contribution in [0.3, 0.4) is 0 Å². The molecule has 2 N–H and O–H groups in total. The van der Waals surface area contributed by atoms with E-state index >= 15 is 0 Å². The molecule has 0 aromatic carbocycles. The zero-order valence-corrected chi connectivity index (χ0v) is 11.4. The van der Waals surface area contributed by atoms with Crippen LogP contribution in [0, 0.1) is 0 Å². The Hall–Kier alpha value is -1.14. The Labute approximate surface area is 107 Å². The topological polar surface area (TPSA) is 81.9 Å². The molecule has 0 bridgehead atoms. The predicted molar refractivity (Wildman–Crippen MR) is 65.8 cm³/mol. The molecule has 1 saturated heterocycles. The molecule has 2 atom stereocenters. The molecule has 6 nitrogen and oxygen atoms in total. The summed E-state index contributed by atoms with van der Waals surface area (Å²) in [6, 6.07) is -1.24. The number of carbonyl (C=O) groups excluding carboxylic acids is 2. The van der Waals surface area contributed by atoms with Gasteiger partial charge in [-0.15, -0.1) is 0 Å². The molecule has 0 spiro atoms. The van der Waals surface area contributed by atoms with Gasteiger partial charge in [-0.05, 0) is 27.7 Å². The van der Waals surface area contributed by atoms with E-state index in [1.165, 1.54) is 0 Å². The van der Waals surface area contributed by atoms with E-state index in [-0.39, 0.29) is 12.7 Å². The second-order valence-electron chi connectivity index (χ2n) is 5.14. The van der Waals surface area contributed by atoms with Gasteiger partial charge in [0.1, 0.15) is 0 Å². The van der Waals surface area contributed by atoms with Gasteiger partial charge in [0.05, 0.1) is 18.3 Å². The van der Waals surface area contributed by atoms with Crippen molar-refractivity contribution in [2.75, 3.05) is 19.7 Å². The van der Waals surface area contributed by atoms with Crippen LogP contribution < -0.4 is 5.73 Å². The highest BCUT2D eigenvalue weighted by atomic mass is 16.5. The second-order valence-corrected chi connectivity index (χ2v) is 5.14. The van der Waals surface area contributed by atoms with Crippen molar-refractivity contribution in [2.45, 2.75) is 45.4 Å². The van der Waals surface area contributed by atoms with E-state index in [0.29, 0.717) is 13.1 Å². The average molecular weight is 258 g/mol. The minimum Gasteiger partial charge on any atom is -0.464 e.